The Morgan fingerprint density at radius 3 is 3.00 bits per heavy atom. The first kappa shape index (κ1) is 14.0. The minimum Gasteiger partial charge on any atom is -0.492 e. The van der Waals surface area contributed by atoms with Crippen molar-refractivity contribution < 1.29 is 9.26 Å². The summed E-state index contributed by atoms with van der Waals surface area (Å²) in [6, 6.07) is 7.80. The van der Waals surface area contributed by atoms with Crippen molar-refractivity contribution in [2.24, 2.45) is 5.73 Å². The van der Waals surface area contributed by atoms with E-state index in [9.17, 15) is 0 Å². The van der Waals surface area contributed by atoms with Gasteiger partial charge in [-0.3, -0.25) is 0 Å². The van der Waals surface area contributed by atoms with Gasteiger partial charge in [0.15, 0.2) is 5.82 Å². The van der Waals surface area contributed by atoms with Gasteiger partial charge in [-0.05, 0) is 32.1 Å². The molecule has 1 aliphatic rings. The lowest BCUT2D eigenvalue weighted by atomic mass is 9.97. The molecule has 2 aromatic rings. The first-order valence-corrected chi connectivity index (χ1v) is 7.08. The van der Waals surface area contributed by atoms with Gasteiger partial charge in [-0.15, -0.1) is 0 Å². The highest BCUT2D eigenvalue weighted by molar-refractivity contribution is 5.36. The molecule has 0 saturated heterocycles. The number of rotatable bonds is 4. The molecule has 1 aliphatic heterocycles. The zero-order chi connectivity index (χ0) is 14.8. The Labute approximate surface area is 123 Å². The molecule has 2 N–H and O–H groups in total. The average Bonchev–Trinajstić information content (AvgIpc) is 2.96. The molecule has 1 aromatic heterocycles. The number of aromatic nitrogens is 2. The molecule has 0 saturated carbocycles. The second-order valence-electron chi connectivity index (χ2n) is 5.68. The third-order valence-electron chi connectivity index (χ3n) is 3.58. The van der Waals surface area contributed by atoms with Crippen LogP contribution in [0.1, 0.15) is 29.2 Å². The summed E-state index contributed by atoms with van der Waals surface area (Å²) < 4.78 is 11.1. The number of nitrogens with two attached hydrogens (primary N) is 1. The molecule has 112 valence electrons. The number of ether oxygens (including phenoxy) is 1. The van der Waals surface area contributed by atoms with Gasteiger partial charge in [-0.25, -0.2) is 0 Å². The molecular weight excluding hydrogens is 268 g/mol. The molecule has 0 spiro atoms. The van der Waals surface area contributed by atoms with Crippen molar-refractivity contribution >= 4 is 0 Å². The predicted molar refractivity (Wildman–Crippen MR) is 78.2 cm³/mol. The van der Waals surface area contributed by atoms with E-state index < -0.39 is 0 Å². The Balaban J connectivity index is 1.73. The molecule has 0 amide bonds. The van der Waals surface area contributed by atoms with E-state index in [4.69, 9.17) is 15.0 Å². The summed E-state index contributed by atoms with van der Waals surface area (Å²) in [7, 11) is 3.93. The first-order valence-electron chi connectivity index (χ1n) is 7.08. The fourth-order valence-corrected chi connectivity index (χ4v) is 2.53. The fourth-order valence-electron chi connectivity index (χ4n) is 2.53. The van der Waals surface area contributed by atoms with Gasteiger partial charge in [-0.2, -0.15) is 4.98 Å². The summed E-state index contributed by atoms with van der Waals surface area (Å²) >= 11 is 0. The topological polar surface area (TPSA) is 77.4 Å². The van der Waals surface area contributed by atoms with E-state index in [2.05, 4.69) is 16.2 Å². The largest absolute Gasteiger partial charge is 0.492 e. The Kier molecular flexibility index (Phi) is 3.90. The van der Waals surface area contributed by atoms with Crippen molar-refractivity contribution in [1.29, 1.82) is 0 Å². The Morgan fingerprint density at radius 1 is 1.38 bits per heavy atom. The van der Waals surface area contributed by atoms with E-state index in [1.165, 1.54) is 5.56 Å². The van der Waals surface area contributed by atoms with E-state index in [0.717, 1.165) is 12.2 Å². The molecule has 1 aromatic carbocycles. The van der Waals surface area contributed by atoms with Gasteiger partial charge < -0.3 is 19.9 Å². The zero-order valence-corrected chi connectivity index (χ0v) is 12.3. The molecule has 21 heavy (non-hydrogen) atoms. The van der Waals surface area contributed by atoms with Gasteiger partial charge in [-0.1, -0.05) is 23.4 Å². The zero-order valence-electron chi connectivity index (χ0n) is 12.3. The molecule has 0 radical (unpaired) electrons. The van der Waals surface area contributed by atoms with Gasteiger partial charge >= 0.3 is 0 Å². The number of likely N-dealkylation sites (N-methyl/N-ethyl adjacent to an activating group) is 1. The maximum absolute atomic E-state index is 6.06. The number of nitrogens with zero attached hydrogens (tertiary/aromatic N) is 3. The molecule has 2 unspecified atom stereocenters. The number of benzene rings is 1. The lowest BCUT2D eigenvalue weighted by molar-refractivity contribution is 0.230. The summed E-state index contributed by atoms with van der Waals surface area (Å²) in [5.74, 6) is 2.19. The molecule has 0 bridgehead atoms. The van der Waals surface area contributed by atoms with Crippen LogP contribution < -0.4 is 10.5 Å². The van der Waals surface area contributed by atoms with Crippen molar-refractivity contribution in [1.82, 2.24) is 15.0 Å². The van der Waals surface area contributed by atoms with Crippen LogP contribution in [0.5, 0.6) is 5.75 Å². The Hall–Kier alpha value is -1.92. The van der Waals surface area contributed by atoms with Crippen LogP contribution >= 0.6 is 0 Å². The van der Waals surface area contributed by atoms with Gasteiger partial charge in [0.1, 0.15) is 12.4 Å². The van der Waals surface area contributed by atoms with Gasteiger partial charge in [0.25, 0.3) is 0 Å². The predicted octanol–water partition coefficient (Wildman–Crippen LogP) is 1.35. The fraction of sp³-hybridized carbons (Fsp3) is 0.467. The monoisotopic (exact) mass is 288 g/mol. The summed E-state index contributed by atoms with van der Waals surface area (Å²) in [5.41, 5.74) is 7.23. The van der Waals surface area contributed by atoms with Crippen LogP contribution in [0.15, 0.2) is 28.8 Å². The summed E-state index contributed by atoms with van der Waals surface area (Å²) in [4.78, 5) is 6.45. The second kappa shape index (κ2) is 5.83. The van der Waals surface area contributed by atoms with Crippen molar-refractivity contribution in [2.75, 3.05) is 27.2 Å². The third kappa shape index (κ3) is 3.06. The first-order chi connectivity index (χ1) is 10.1. The van der Waals surface area contributed by atoms with E-state index in [0.29, 0.717) is 24.9 Å². The average molecular weight is 288 g/mol. The van der Waals surface area contributed by atoms with Crippen molar-refractivity contribution in [2.45, 2.75) is 18.4 Å². The smallest absolute Gasteiger partial charge is 0.233 e. The summed E-state index contributed by atoms with van der Waals surface area (Å²) in [5, 5.41) is 4.01. The van der Waals surface area contributed by atoms with E-state index in [1.54, 1.807) is 0 Å². The number of hydrogen-bond donors (Lipinski definition) is 1. The molecule has 6 heteroatoms. The molecule has 0 aliphatic carbocycles. The quantitative estimate of drug-likeness (QED) is 0.915. The summed E-state index contributed by atoms with van der Waals surface area (Å²) in [6.07, 6.45) is 0.848. The van der Waals surface area contributed by atoms with Crippen LogP contribution in [0, 0.1) is 0 Å². The van der Waals surface area contributed by atoms with Crippen LogP contribution in [0.2, 0.25) is 0 Å². The number of fused-ring (bicyclic) bond motifs is 1. The third-order valence-corrected chi connectivity index (χ3v) is 3.58. The van der Waals surface area contributed by atoms with Gasteiger partial charge in [0.2, 0.25) is 5.89 Å². The normalized spacial score (nSPS) is 19.1. The molecule has 2 atom stereocenters. The molecule has 3 rings (SSSR count). The second-order valence-corrected chi connectivity index (χ2v) is 5.68. The summed E-state index contributed by atoms with van der Waals surface area (Å²) in [6.45, 7) is 1.24. The van der Waals surface area contributed by atoms with E-state index in [1.807, 2.05) is 37.2 Å². The maximum atomic E-state index is 6.06. The minimum absolute atomic E-state index is 0.0905. The molecular formula is C15H20N4O2. The highest BCUT2D eigenvalue weighted by atomic mass is 16.5. The van der Waals surface area contributed by atoms with Crippen LogP contribution in [-0.2, 0) is 6.42 Å². The minimum atomic E-state index is -0.241. The highest BCUT2D eigenvalue weighted by Gasteiger charge is 2.27. The highest BCUT2D eigenvalue weighted by Crippen LogP contribution is 2.31. The van der Waals surface area contributed by atoms with Crippen molar-refractivity contribution in [3.8, 4) is 5.75 Å². The maximum Gasteiger partial charge on any atom is 0.233 e. The van der Waals surface area contributed by atoms with Crippen LogP contribution in [0.25, 0.3) is 0 Å². The standard InChI is InChI=1S/C15H20N4O2/c1-19(2)8-12(16)14-17-15(21-18-14)11-7-10-5-3-4-6-13(10)20-9-11/h3-6,11-12H,7-9,16H2,1-2H3. The van der Waals surface area contributed by atoms with E-state index in [-0.39, 0.29) is 12.0 Å². The van der Waals surface area contributed by atoms with Crippen LogP contribution in [0.4, 0.5) is 0 Å². The lowest BCUT2D eigenvalue weighted by Crippen LogP contribution is -2.27. The van der Waals surface area contributed by atoms with Crippen LogP contribution in [-0.4, -0.2) is 42.3 Å². The van der Waals surface area contributed by atoms with Gasteiger partial charge in [0.05, 0.1) is 12.0 Å². The molecule has 6 nitrogen and oxygen atoms in total. The number of para-hydroxylation sites is 1. The SMILES string of the molecule is CN(C)CC(N)c1noc(C2COc3ccccc3C2)n1. The Bertz CT molecular complexity index is 611. The van der Waals surface area contributed by atoms with Crippen molar-refractivity contribution in [3.05, 3.63) is 41.5 Å². The van der Waals surface area contributed by atoms with Crippen molar-refractivity contribution in [3.63, 3.8) is 0 Å². The molecule has 2 heterocycles. The molecule has 0 fully saturated rings. The van der Waals surface area contributed by atoms with Crippen LogP contribution in [0.3, 0.4) is 0 Å². The number of hydrogen-bond acceptors (Lipinski definition) is 6. The van der Waals surface area contributed by atoms with E-state index >= 15 is 0 Å². The van der Waals surface area contributed by atoms with Gasteiger partial charge in [0, 0.05) is 6.54 Å². The lowest BCUT2D eigenvalue weighted by Gasteiger charge is -2.22. The Morgan fingerprint density at radius 2 is 2.19 bits per heavy atom.